The van der Waals surface area contributed by atoms with Crippen molar-refractivity contribution in [2.45, 2.75) is 12.8 Å². The number of carbonyl (C=O) groups is 1. The fraction of sp³-hybridized carbons (Fsp3) is 0.0690. The molecular weight excluding hydrogens is 495 g/mol. The number of alkyl halides is 3. The van der Waals surface area contributed by atoms with E-state index < -0.39 is 6.36 Å². The molecule has 0 spiro atoms. The molecule has 5 aromatic rings. The van der Waals surface area contributed by atoms with Gasteiger partial charge in [-0.25, -0.2) is 9.67 Å². The van der Waals surface area contributed by atoms with Gasteiger partial charge in [0, 0.05) is 5.56 Å². The Bertz CT molecular complexity index is 1530. The lowest BCUT2D eigenvalue weighted by Crippen LogP contribution is -2.17. The van der Waals surface area contributed by atoms with Gasteiger partial charge in [-0.15, -0.1) is 18.3 Å². The summed E-state index contributed by atoms with van der Waals surface area (Å²) in [5.74, 6) is 0.191. The molecule has 1 heterocycles. The third-order valence-corrected chi connectivity index (χ3v) is 5.56. The molecule has 0 aliphatic rings. The molecule has 0 bridgehead atoms. The topological polar surface area (TPSA) is 66.2 Å². The van der Waals surface area contributed by atoms with E-state index in [2.05, 4.69) is 14.8 Å². The van der Waals surface area contributed by atoms with Crippen molar-refractivity contribution in [1.82, 2.24) is 14.8 Å². The van der Waals surface area contributed by atoms with Crippen LogP contribution in [0, 0.1) is 0 Å². The summed E-state index contributed by atoms with van der Waals surface area (Å²) in [6, 6.07) is 29.7. The highest BCUT2D eigenvalue weighted by molar-refractivity contribution is 5.76. The Kier molecular flexibility index (Phi) is 6.90. The van der Waals surface area contributed by atoms with E-state index in [4.69, 9.17) is 4.74 Å². The Morgan fingerprint density at radius 2 is 1.47 bits per heavy atom. The van der Waals surface area contributed by atoms with Gasteiger partial charge in [-0.1, -0.05) is 66.7 Å². The van der Waals surface area contributed by atoms with E-state index in [0.717, 1.165) is 16.7 Å². The van der Waals surface area contributed by atoms with Crippen molar-refractivity contribution >= 4 is 5.97 Å². The molecule has 38 heavy (non-hydrogen) atoms. The van der Waals surface area contributed by atoms with Gasteiger partial charge < -0.3 is 9.47 Å². The van der Waals surface area contributed by atoms with Crippen LogP contribution in [-0.2, 0) is 11.2 Å². The standard InChI is InChI=1S/C29H20F3N3O3/c30-29(31,32)38-25-15-13-24(14-16-25)35-19-33-28(34-35)22-11-9-20(10-12-22)17-27(36)37-26-8-4-7-23(18-26)21-5-2-1-3-6-21/h1-16,18-19H,17H2. The Hall–Kier alpha value is -4.92. The monoisotopic (exact) mass is 515 g/mol. The molecule has 1 aromatic heterocycles. The highest BCUT2D eigenvalue weighted by atomic mass is 19.4. The molecular formula is C29H20F3N3O3. The van der Waals surface area contributed by atoms with Crippen molar-refractivity contribution in [3.63, 3.8) is 0 Å². The number of carbonyl (C=O) groups excluding carboxylic acids is 1. The normalized spacial score (nSPS) is 11.2. The number of benzene rings is 4. The molecule has 0 amide bonds. The zero-order valence-corrected chi connectivity index (χ0v) is 19.8. The first-order chi connectivity index (χ1) is 18.3. The van der Waals surface area contributed by atoms with Gasteiger partial charge in [-0.05, 0) is 53.1 Å². The fourth-order valence-corrected chi connectivity index (χ4v) is 3.80. The summed E-state index contributed by atoms with van der Waals surface area (Å²) >= 11 is 0. The molecule has 9 heteroatoms. The van der Waals surface area contributed by atoms with Gasteiger partial charge in [0.05, 0.1) is 12.1 Å². The summed E-state index contributed by atoms with van der Waals surface area (Å²) in [6.45, 7) is 0. The Morgan fingerprint density at radius 3 is 2.18 bits per heavy atom. The van der Waals surface area contributed by atoms with Crippen molar-refractivity contribution < 1.29 is 27.4 Å². The molecule has 0 saturated heterocycles. The van der Waals surface area contributed by atoms with Crippen molar-refractivity contribution in [1.29, 1.82) is 0 Å². The van der Waals surface area contributed by atoms with Crippen LogP contribution in [0.15, 0.2) is 109 Å². The molecule has 4 aromatic carbocycles. The molecule has 0 fully saturated rings. The van der Waals surface area contributed by atoms with Crippen molar-refractivity contribution in [2.24, 2.45) is 0 Å². The van der Waals surface area contributed by atoms with Gasteiger partial charge >= 0.3 is 12.3 Å². The predicted molar refractivity (Wildman–Crippen MR) is 135 cm³/mol. The number of aromatic nitrogens is 3. The average Bonchev–Trinajstić information content (AvgIpc) is 3.40. The van der Waals surface area contributed by atoms with E-state index in [0.29, 0.717) is 22.8 Å². The minimum Gasteiger partial charge on any atom is -0.426 e. The molecule has 0 aliphatic heterocycles. The SMILES string of the molecule is O=C(Cc1ccc(-c2ncn(-c3ccc(OC(F)(F)F)cc3)n2)cc1)Oc1cccc(-c2ccccc2)c1. The zero-order valence-electron chi connectivity index (χ0n) is 19.8. The van der Waals surface area contributed by atoms with Crippen molar-refractivity contribution in [3.05, 3.63) is 115 Å². The zero-order chi connectivity index (χ0) is 26.5. The number of halogens is 3. The smallest absolute Gasteiger partial charge is 0.426 e. The second-order valence-electron chi connectivity index (χ2n) is 8.30. The molecule has 0 N–H and O–H groups in total. The summed E-state index contributed by atoms with van der Waals surface area (Å²) in [5, 5.41) is 4.39. The lowest BCUT2D eigenvalue weighted by Gasteiger charge is -2.09. The average molecular weight is 515 g/mol. The first kappa shape index (κ1) is 24.8. The van der Waals surface area contributed by atoms with E-state index in [-0.39, 0.29) is 18.1 Å². The molecule has 0 radical (unpaired) electrons. The van der Waals surface area contributed by atoms with Gasteiger partial charge in [-0.2, -0.15) is 0 Å². The number of hydrogen-bond acceptors (Lipinski definition) is 5. The second kappa shape index (κ2) is 10.6. The van der Waals surface area contributed by atoms with Gasteiger partial charge in [-0.3, -0.25) is 4.79 Å². The van der Waals surface area contributed by atoms with E-state index in [1.54, 1.807) is 30.3 Å². The number of rotatable bonds is 7. The van der Waals surface area contributed by atoms with Crippen LogP contribution < -0.4 is 9.47 Å². The lowest BCUT2D eigenvalue weighted by atomic mass is 10.1. The van der Waals surface area contributed by atoms with Crippen LogP contribution >= 0.6 is 0 Å². The maximum atomic E-state index is 12.5. The van der Waals surface area contributed by atoms with Crippen molar-refractivity contribution in [2.75, 3.05) is 0 Å². The number of nitrogens with zero attached hydrogens (tertiary/aromatic N) is 3. The highest BCUT2D eigenvalue weighted by Gasteiger charge is 2.31. The van der Waals surface area contributed by atoms with Crippen LogP contribution in [0.4, 0.5) is 13.2 Å². The summed E-state index contributed by atoms with van der Waals surface area (Å²) in [4.78, 5) is 16.8. The maximum Gasteiger partial charge on any atom is 0.573 e. The third-order valence-electron chi connectivity index (χ3n) is 5.56. The number of hydrogen-bond donors (Lipinski definition) is 0. The van der Waals surface area contributed by atoms with Gasteiger partial charge in [0.2, 0.25) is 0 Å². The minimum absolute atomic E-state index is 0.0874. The van der Waals surface area contributed by atoms with E-state index in [1.807, 2.05) is 48.5 Å². The molecule has 6 nitrogen and oxygen atoms in total. The summed E-state index contributed by atoms with van der Waals surface area (Å²) in [6.07, 6.45) is -3.20. The van der Waals surface area contributed by atoms with Crippen LogP contribution in [0.2, 0.25) is 0 Å². The molecule has 190 valence electrons. The van der Waals surface area contributed by atoms with Crippen molar-refractivity contribution in [3.8, 4) is 39.7 Å². The summed E-state index contributed by atoms with van der Waals surface area (Å²) in [5.41, 5.74) is 3.99. The molecule has 0 atom stereocenters. The maximum absolute atomic E-state index is 12.5. The Balaban J connectivity index is 1.21. The van der Waals surface area contributed by atoms with E-state index in [1.165, 1.54) is 35.3 Å². The van der Waals surface area contributed by atoms with Gasteiger partial charge in [0.25, 0.3) is 0 Å². The molecule has 5 rings (SSSR count). The van der Waals surface area contributed by atoms with E-state index in [9.17, 15) is 18.0 Å². The first-order valence-electron chi connectivity index (χ1n) is 11.6. The predicted octanol–water partition coefficient (Wildman–Crippen LogP) is 6.65. The van der Waals surface area contributed by atoms with Crippen LogP contribution in [0.3, 0.4) is 0 Å². The Labute approximate surface area is 215 Å². The lowest BCUT2D eigenvalue weighted by molar-refractivity contribution is -0.274. The second-order valence-corrected chi connectivity index (χ2v) is 8.30. The minimum atomic E-state index is -4.75. The molecule has 0 saturated carbocycles. The quantitative estimate of drug-likeness (QED) is 0.179. The van der Waals surface area contributed by atoms with Gasteiger partial charge in [0.15, 0.2) is 5.82 Å². The third kappa shape index (κ3) is 6.25. The van der Waals surface area contributed by atoms with Crippen LogP contribution in [0.1, 0.15) is 5.56 Å². The number of ether oxygens (including phenoxy) is 2. The summed E-state index contributed by atoms with van der Waals surface area (Å²) < 4.78 is 47.9. The fourth-order valence-electron chi connectivity index (χ4n) is 3.80. The first-order valence-corrected chi connectivity index (χ1v) is 11.6. The Morgan fingerprint density at radius 1 is 0.763 bits per heavy atom. The molecule has 0 aliphatic carbocycles. The largest absolute Gasteiger partial charge is 0.573 e. The van der Waals surface area contributed by atoms with Gasteiger partial charge in [0.1, 0.15) is 17.8 Å². The van der Waals surface area contributed by atoms with E-state index >= 15 is 0 Å². The van der Waals surface area contributed by atoms with Crippen LogP contribution in [-0.4, -0.2) is 27.1 Å². The van der Waals surface area contributed by atoms with Crippen LogP contribution in [0.5, 0.6) is 11.5 Å². The van der Waals surface area contributed by atoms with Crippen LogP contribution in [0.25, 0.3) is 28.2 Å². The summed E-state index contributed by atoms with van der Waals surface area (Å²) in [7, 11) is 0. The highest BCUT2D eigenvalue weighted by Crippen LogP contribution is 2.25. The number of esters is 1. The molecule has 0 unspecified atom stereocenters.